The highest BCUT2D eigenvalue weighted by molar-refractivity contribution is 6.30. The number of benzene rings is 1. The molecule has 0 spiro atoms. The Labute approximate surface area is 95.6 Å². The monoisotopic (exact) mass is 221 g/mol. The first-order valence-electron chi connectivity index (χ1n) is 5.78. The van der Waals surface area contributed by atoms with Crippen LogP contribution >= 0.6 is 11.6 Å². The van der Waals surface area contributed by atoms with Gasteiger partial charge in [0, 0.05) is 10.6 Å². The lowest BCUT2D eigenvalue weighted by Crippen LogP contribution is -2.23. The van der Waals surface area contributed by atoms with Gasteiger partial charge < -0.3 is 5.73 Å². The van der Waals surface area contributed by atoms with Crippen LogP contribution in [0.3, 0.4) is 0 Å². The van der Waals surface area contributed by atoms with Gasteiger partial charge in [-0.3, -0.25) is 0 Å². The van der Waals surface area contributed by atoms with E-state index in [1.54, 1.807) is 0 Å². The molecule has 2 N–H and O–H groups in total. The van der Waals surface area contributed by atoms with Crippen LogP contribution in [-0.2, 0) is 5.54 Å². The molecule has 0 bridgehead atoms. The number of hydrogen-bond donors (Lipinski definition) is 1. The highest BCUT2D eigenvalue weighted by Crippen LogP contribution is 2.62. The fourth-order valence-corrected chi connectivity index (χ4v) is 3.46. The van der Waals surface area contributed by atoms with E-state index in [0.717, 1.165) is 16.9 Å². The van der Waals surface area contributed by atoms with Gasteiger partial charge in [-0.2, -0.15) is 0 Å². The molecule has 80 valence electrons. The molecule has 2 saturated carbocycles. The molecule has 2 fully saturated rings. The number of hydrogen-bond acceptors (Lipinski definition) is 1. The summed E-state index contributed by atoms with van der Waals surface area (Å²) in [5, 5.41) is 0.797. The molecule has 2 aliphatic carbocycles. The molecule has 2 aliphatic rings. The largest absolute Gasteiger partial charge is 0.321 e. The van der Waals surface area contributed by atoms with E-state index in [1.807, 2.05) is 12.1 Å². The zero-order chi connectivity index (χ0) is 10.5. The number of fused-ring (bicyclic) bond motifs is 1. The van der Waals surface area contributed by atoms with E-state index in [1.165, 1.54) is 31.2 Å². The molecule has 2 atom stereocenters. The van der Waals surface area contributed by atoms with Gasteiger partial charge >= 0.3 is 0 Å². The van der Waals surface area contributed by atoms with Crippen LogP contribution in [0, 0.1) is 11.8 Å². The van der Waals surface area contributed by atoms with E-state index in [-0.39, 0.29) is 5.54 Å². The van der Waals surface area contributed by atoms with Gasteiger partial charge in [-0.25, -0.2) is 0 Å². The van der Waals surface area contributed by atoms with Crippen molar-refractivity contribution in [3.05, 3.63) is 34.9 Å². The molecule has 1 aromatic rings. The molecule has 0 aromatic heterocycles. The normalized spacial score (nSPS) is 38.5. The molecular weight excluding hydrogens is 206 g/mol. The lowest BCUT2D eigenvalue weighted by Gasteiger charge is -2.12. The molecule has 0 amide bonds. The average molecular weight is 222 g/mol. The first-order valence-corrected chi connectivity index (χ1v) is 6.15. The standard InChI is InChI=1S/C13H16ClN/c14-10-7-5-9(6-8-10)13(15)11-3-1-2-4-12(11)13/h5-8,11-12H,1-4,15H2. The third-order valence-corrected chi connectivity index (χ3v) is 4.48. The average Bonchev–Trinajstić information content (AvgIpc) is 2.88. The van der Waals surface area contributed by atoms with Gasteiger partial charge in [-0.15, -0.1) is 0 Å². The molecule has 0 radical (unpaired) electrons. The van der Waals surface area contributed by atoms with Gasteiger partial charge in [0.15, 0.2) is 0 Å². The molecule has 15 heavy (non-hydrogen) atoms. The number of halogens is 1. The number of rotatable bonds is 1. The van der Waals surface area contributed by atoms with Crippen molar-refractivity contribution in [2.75, 3.05) is 0 Å². The predicted octanol–water partition coefficient (Wildman–Crippen LogP) is 3.31. The van der Waals surface area contributed by atoms with Crippen LogP contribution in [0.5, 0.6) is 0 Å². The lowest BCUT2D eigenvalue weighted by molar-refractivity contribution is 0.480. The Morgan fingerprint density at radius 2 is 1.60 bits per heavy atom. The van der Waals surface area contributed by atoms with E-state index in [0.29, 0.717) is 0 Å². The fraction of sp³-hybridized carbons (Fsp3) is 0.538. The van der Waals surface area contributed by atoms with Crippen molar-refractivity contribution in [3.8, 4) is 0 Å². The van der Waals surface area contributed by atoms with Crippen molar-refractivity contribution in [3.63, 3.8) is 0 Å². The van der Waals surface area contributed by atoms with Crippen LogP contribution in [-0.4, -0.2) is 0 Å². The molecule has 0 saturated heterocycles. The van der Waals surface area contributed by atoms with E-state index in [4.69, 9.17) is 17.3 Å². The smallest absolute Gasteiger partial charge is 0.0473 e. The third kappa shape index (κ3) is 1.33. The van der Waals surface area contributed by atoms with Gasteiger partial charge in [0.2, 0.25) is 0 Å². The van der Waals surface area contributed by atoms with Crippen LogP contribution in [0.1, 0.15) is 31.2 Å². The van der Waals surface area contributed by atoms with Gasteiger partial charge in [0.1, 0.15) is 0 Å². The van der Waals surface area contributed by atoms with Gasteiger partial charge in [0.05, 0.1) is 0 Å². The van der Waals surface area contributed by atoms with Crippen molar-refractivity contribution in [1.29, 1.82) is 0 Å². The Bertz CT molecular complexity index is 359. The Kier molecular flexibility index (Phi) is 2.08. The second-order valence-electron chi connectivity index (χ2n) is 4.94. The van der Waals surface area contributed by atoms with Crippen LogP contribution in [0.4, 0.5) is 0 Å². The topological polar surface area (TPSA) is 26.0 Å². The summed E-state index contributed by atoms with van der Waals surface area (Å²) in [6, 6.07) is 8.10. The fourth-order valence-electron chi connectivity index (χ4n) is 3.34. The summed E-state index contributed by atoms with van der Waals surface area (Å²) >= 11 is 5.89. The van der Waals surface area contributed by atoms with E-state index in [2.05, 4.69) is 12.1 Å². The molecule has 0 aliphatic heterocycles. The van der Waals surface area contributed by atoms with Gasteiger partial charge in [0.25, 0.3) is 0 Å². The van der Waals surface area contributed by atoms with Gasteiger partial charge in [-0.05, 0) is 42.4 Å². The Morgan fingerprint density at radius 3 is 2.13 bits per heavy atom. The maximum atomic E-state index is 6.52. The highest BCUT2D eigenvalue weighted by atomic mass is 35.5. The van der Waals surface area contributed by atoms with Crippen molar-refractivity contribution >= 4 is 11.6 Å². The second kappa shape index (κ2) is 3.23. The Balaban J connectivity index is 1.91. The van der Waals surface area contributed by atoms with Crippen molar-refractivity contribution in [1.82, 2.24) is 0 Å². The van der Waals surface area contributed by atoms with Crippen LogP contribution in [0.2, 0.25) is 5.02 Å². The third-order valence-electron chi connectivity index (χ3n) is 4.23. The predicted molar refractivity (Wildman–Crippen MR) is 62.8 cm³/mol. The first-order chi connectivity index (χ1) is 7.23. The Morgan fingerprint density at radius 1 is 1.07 bits per heavy atom. The zero-order valence-corrected chi connectivity index (χ0v) is 9.50. The molecule has 1 aromatic carbocycles. The molecule has 2 unspecified atom stereocenters. The molecule has 2 heteroatoms. The van der Waals surface area contributed by atoms with E-state index in [9.17, 15) is 0 Å². The van der Waals surface area contributed by atoms with Crippen LogP contribution < -0.4 is 5.73 Å². The van der Waals surface area contributed by atoms with Crippen molar-refractivity contribution < 1.29 is 0 Å². The summed E-state index contributed by atoms with van der Waals surface area (Å²) in [4.78, 5) is 0. The maximum Gasteiger partial charge on any atom is 0.0473 e. The van der Waals surface area contributed by atoms with E-state index >= 15 is 0 Å². The van der Waals surface area contributed by atoms with Crippen molar-refractivity contribution in [2.45, 2.75) is 31.2 Å². The molecule has 1 nitrogen and oxygen atoms in total. The molecule has 0 heterocycles. The Hall–Kier alpha value is -0.530. The summed E-state index contributed by atoms with van der Waals surface area (Å²) in [6.07, 6.45) is 5.33. The second-order valence-corrected chi connectivity index (χ2v) is 5.37. The van der Waals surface area contributed by atoms with Crippen LogP contribution in [0.15, 0.2) is 24.3 Å². The molecular formula is C13H16ClN. The quantitative estimate of drug-likeness (QED) is 0.774. The highest BCUT2D eigenvalue weighted by Gasteiger charge is 2.62. The number of nitrogens with two attached hydrogens (primary N) is 1. The summed E-state index contributed by atoms with van der Waals surface area (Å²) in [7, 11) is 0. The summed E-state index contributed by atoms with van der Waals surface area (Å²) < 4.78 is 0. The van der Waals surface area contributed by atoms with E-state index < -0.39 is 0 Å². The maximum absolute atomic E-state index is 6.52. The zero-order valence-electron chi connectivity index (χ0n) is 8.75. The SMILES string of the molecule is NC1(c2ccc(Cl)cc2)C2CCCCC21. The van der Waals surface area contributed by atoms with Gasteiger partial charge in [-0.1, -0.05) is 36.6 Å². The summed E-state index contributed by atoms with van der Waals surface area (Å²) in [5.41, 5.74) is 7.78. The first kappa shape index (κ1) is 9.68. The lowest BCUT2D eigenvalue weighted by atomic mass is 10.0. The minimum atomic E-state index is -0.0267. The minimum Gasteiger partial charge on any atom is -0.321 e. The molecule has 3 rings (SSSR count). The summed E-state index contributed by atoms with van der Waals surface area (Å²) in [6.45, 7) is 0. The summed E-state index contributed by atoms with van der Waals surface area (Å²) in [5.74, 6) is 1.46. The minimum absolute atomic E-state index is 0.0267. The van der Waals surface area contributed by atoms with Crippen molar-refractivity contribution in [2.24, 2.45) is 17.6 Å². The van der Waals surface area contributed by atoms with Crippen LogP contribution in [0.25, 0.3) is 0 Å².